The maximum absolute atomic E-state index is 12.7. The summed E-state index contributed by atoms with van der Waals surface area (Å²) in [5.74, 6) is -0.991. The second kappa shape index (κ2) is 50.7. The van der Waals surface area contributed by atoms with Crippen molar-refractivity contribution in [3.63, 3.8) is 0 Å². The van der Waals surface area contributed by atoms with Crippen LogP contribution >= 0.6 is 0 Å². The fraction of sp³-hybridized carbons (Fsp3) is 0.632. The van der Waals surface area contributed by atoms with Gasteiger partial charge in [0.1, 0.15) is 13.2 Å². The first-order chi connectivity index (χ1) is 31.0. The smallest absolute Gasteiger partial charge is 0.306 e. The Labute approximate surface area is 387 Å². The molecule has 0 spiro atoms. The van der Waals surface area contributed by atoms with Crippen molar-refractivity contribution in [3.8, 4) is 0 Å². The molecule has 0 aliphatic rings. The Morgan fingerprint density at radius 3 is 1.08 bits per heavy atom. The Bertz CT molecular complexity index is 1330. The molecule has 0 aliphatic heterocycles. The van der Waals surface area contributed by atoms with Gasteiger partial charge in [-0.3, -0.25) is 14.4 Å². The summed E-state index contributed by atoms with van der Waals surface area (Å²) in [5.41, 5.74) is 0. The monoisotopic (exact) mass is 873 g/mol. The third-order valence-electron chi connectivity index (χ3n) is 10.3. The van der Waals surface area contributed by atoms with Crippen LogP contribution in [0.2, 0.25) is 0 Å². The predicted octanol–water partition coefficient (Wildman–Crippen LogP) is 16.8. The van der Waals surface area contributed by atoms with E-state index in [2.05, 4.69) is 130 Å². The number of esters is 3. The van der Waals surface area contributed by atoms with Crippen LogP contribution < -0.4 is 0 Å². The van der Waals surface area contributed by atoms with Crippen LogP contribution in [0.1, 0.15) is 213 Å². The number of allylic oxidation sites excluding steroid dienone is 18. The molecule has 0 amide bonds. The van der Waals surface area contributed by atoms with Crippen LogP contribution in [0.3, 0.4) is 0 Å². The van der Waals surface area contributed by atoms with Crippen LogP contribution in [0.15, 0.2) is 109 Å². The SMILES string of the molecule is CC/C=C\C/C=C\C/C=C\C/C=C\C/C=C\C/C=C\C/C=C\CCCC(=O)OCC(COC(=O)CCCCCCCCCC)OC(=O)CCCCCCC/C=C\C/C=C\CCCC. The van der Waals surface area contributed by atoms with E-state index >= 15 is 0 Å². The number of rotatable bonds is 44. The topological polar surface area (TPSA) is 78.9 Å². The Morgan fingerprint density at radius 2 is 0.651 bits per heavy atom. The summed E-state index contributed by atoms with van der Waals surface area (Å²) < 4.78 is 16.7. The van der Waals surface area contributed by atoms with Crippen LogP contribution in [0.4, 0.5) is 0 Å². The lowest BCUT2D eigenvalue weighted by Crippen LogP contribution is -2.30. The standard InChI is InChI=1S/C57H92O6/c1-4-7-10-13-16-19-21-23-25-26-27-28-29-30-31-32-33-35-36-38-41-44-47-50-56(59)62-53-54(52-61-55(58)49-46-43-40-18-15-12-9-6-3)63-57(60)51-48-45-42-39-37-34-24-22-20-17-14-11-8-5-2/h7,10,14,16-17,19,22-25,27-28,30-31,33,35,38,41,54H,4-6,8-9,11-13,15,18,20-21,26,29,32,34,36-37,39-40,42-53H2,1-3H3/b10-7-,17-14-,19-16-,24-22-,25-23-,28-27-,31-30-,35-33-,41-38-. The van der Waals surface area contributed by atoms with Gasteiger partial charge in [0.2, 0.25) is 0 Å². The van der Waals surface area contributed by atoms with Gasteiger partial charge in [-0.1, -0.05) is 207 Å². The average Bonchev–Trinajstić information content (AvgIpc) is 3.28. The van der Waals surface area contributed by atoms with Crippen LogP contribution in [-0.4, -0.2) is 37.2 Å². The predicted molar refractivity (Wildman–Crippen MR) is 270 cm³/mol. The minimum atomic E-state index is -0.807. The van der Waals surface area contributed by atoms with Crippen molar-refractivity contribution >= 4 is 17.9 Å². The Balaban J connectivity index is 4.42. The normalized spacial score (nSPS) is 13.0. The fourth-order valence-corrected chi connectivity index (χ4v) is 6.45. The molecule has 0 saturated carbocycles. The van der Waals surface area contributed by atoms with Gasteiger partial charge in [0, 0.05) is 19.3 Å². The zero-order valence-corrected chi connectivity index (χ0v) is 40.5. The zero-order chi connectivity index (χ0) is 45.8. The molecule has 6 heteroatoms. The van der Waals surface area contributed by atoms with Gasteiger partial charge in [-0.2, -0.15) is 0 Å². The summed E-state index contributed by atoms with van der Waals surface area (Å²) in [6.45, 7) is 6.37. The van der Waals surface area contributed by atoms with Crippen molar-refractivity contribution < 1.29 is 28.6 Å². The van der Waals surface area contributed by atoms with Crippen molar-refractivity contribution in [3.05, 3.63) is 109 Å². The van der Waals surface area contributed by atoms with Crippen LogP contribution in [0, 0.1) is 0 Å². The molecule has 0 N–H and O–H groups in total. The Kier molecular flexibility index (Phi) is 47.5. The summed E-state index contributed by atoms with van der Waals surface area (Å²) in [6.07, 6.45) is 68.0. The summed E-state index contributed by atoms with van der Waals surface area (Å²) in [6, 6.07) is 0. The van der Waals surface area contributed by atoms with E-state index in [4.69, 9.17) is 14.2 Å². The maximum atomic E-state index is 12.7. The first-order valence-corrected chi connectivity index (χ1v) is 25.4. The molecule has 0 saturated heterocycles. The molecular weight excluding hydrogens is 781 g/mol. The molecule has 0 fully saturated rings. The number of hydrogen-bond donors (Lipinski definition) is 0. The second-order valence-electron chi connectivity index (χ2n) is 16.3. The first-order valence-electron chi connectivity index (χ1n) is 25.4. The maximum Gasteiger partial charge on any atom is 0.306 e. The van der Waals surface area contributed by atoms with Crippen molar-refractivity contribution in [1.29, 1.82) is 0 Å². The van der Waals surface area contributed by atoms with Gasteiger partial charge in [-0.15, -0.1) is 0 Å². The second-order valence-corrected chi connectivity index (χ2v) is 16.3. The molecule has 6 nitrogen and oxygen atoms in total. The molecule has 0 aliphatic carbocycles. The quantitative estimate of drug-likeness (QED) is 0.0263. The average molecular weight is 873 g/mol. The molecule has 0 radical (unpaired) electrons. The van der Waals surface area contributed by atoms with Gasteiger partial charge in [0.25, 0.3) is 0 Å². The largest absolute Gasteiger partial charge is 0.462 e. The molecular formula is C57H92O6. The molecule has 0 rings (SSSR count). The molecule has 0 aromatic rings. The Hall–Kier alpha value is -3.93. The van der Waals surface area contributed by atoms with Gasteiger partial charge in [-0.05, 0) is 96.3 Å². The van der Waals surface area contributed by atoms with Crippen molar-refractivity contribution in [2.24, 2.45) is 0 Å². The lowest BCUT2D eigenvalue weighted by molar-refractivity contribution is -0.167. The molecule has 1 unspecified atom stereocenters. The fourth-order valence-electron chi connectivity index (χ4n) is 6.45. The van der Waals surface area contributed by atoms with Crippen molar-refractivity contribution in [2.45, 2.75) is 219 Å². The van der Waals surface area contributed by atoms with Gasteiger partial charge in [0.05, 0.1) is 0 Å². The van der Waals surface area contributed by atoms with E-state index in [1.54, 1.807) is 0 Å². The molecule has 356 valence electrons. The van der Waals surface area contributed by atoms with Crippen LogP contribution in [0.25, 0.3) is 0 Å². The summed E-state index contributed by atoms with van der Waals surface area (Å²) in [4.78, 5) is 37.8. The minimum absolute atomic E-state index is 0.103. The van der Waals surface area contributed by atoms with E-state index in [1.165, 1.54) is 51.4 Å². The minimum Gasteiger partial charge on any atom is -0.462 e. The van der Waals surface area contributed by atoms with E-state index in [1.807, 2.05) is 0 Å². The van der Waals surface area contributed by atoms with Crippen LogP contribution in [0.5, 0.6) is 0 Å². The first kappa shape index (κ1) is 59.1. The molecule has 0 bridgehead atoms. The number of unbranched alkanes of at least 4 members (excludes halogenated alkanes) is 15. The lowest BCUT2D eigenvalue weighted by atomic mass is 10.1. The highest BCUT2D eigenvalue weighted by Crippen LogP contribution is 2.12. The molecule has 0 aromatic heterocycles. The van der Waals surface area contributed by atoms with E-state index in [9.17, 15) is 14.4 Å². The zero-order valence-electron chi connectivity index (χ0n) is 40.5. The van der Waals surface area contributed by atoms with E-state index in [0.29, 0.717) is 19.3 Å². The number of hydrogen-bond acceptors (Lipinski definition) is 6. The van der Waals surface area contributed by atoms with Gasteiger partial charge >= 0.3 is 17.9 Å². The number of carbonyl (C=O) groups excluding carboxylic acids is 3. The third kappa shape index (κ3) is 49.0. The van der Waals surface area contributed by atoms with Crippen molar-refractivity contribution in [1.82, 2.24) is 0 Å². The van der Waals surface area contributed by atoms with E-state index in [0.717, 1.165) is 116 Å². The highest BCUT2D eigenvalue weighted by molar-refractivity contribution is 5.71. The highest BCUT2D eigenvalue weighted by Gasteiger charge is 2.19. The molecule has 1 atom stereocenters. The van der Waals surface area contributed by atoms with Gasteiger partial charge in [0.15, 0.2) is 6.10 Å². The van der Waals surface area contributed by atoms with Gasteiger partial charge < -0.3 is 14.2 Å². The molecule has 63 heavy (non-hydrogen) atoms. The highest BCUT2D eigenvalue weighted by atomic mass is 16.6. The lowest BCUT2D eigenvalue weighted by Gasteiger charge is -2.18. The third-order valence-corrected chi connectivity index (χ3v) is 10.3. The van der Waals surface area contributed by atoms with Gasteiger partial charge in [-0.25, -0.2) is 0 Å². The number of carbonyl (C=O) groups is 3. The summed E-state index contributed by atoms with van der Waals surface area (Å²) in [7, 11) is 0. The van der Waals surface area contributed by atoms with Crippen molar-refractivity contribution in [2.75, 3.05) is 13.2 Å². The number of ether oxygens (including phenoxy) is 3. The van der Waals surface area contributed by atoms with Crippen LogP contribution in [-0.2, 0) is 28.6 Å². The van der Waals surface area contributed by atoms with E-state index in [-0.39, 0.29) is 37.5 Å². The molecule has 0 aromatic carbocycles. The Morgan fingerprint density at radius 1 is 0.333 bits per heavy atom. The summed E-state index contributed by atoms with van der Waals surface area (Å²) in [5, 5.41) is 0. The molecule has 0 heterocycles. The summed E-state index contributed by atoms with van der Waals surface area (Å²) >= 11 is 0. The van der Waals surface area contributed by atoms with E-state index < -0.39 is 6.10 Å².